The van der Waals surface area contributed by atoms with Crippen LogP contribution in [0.25, 0.3) is 16.6 Å². The van der Waals surface area contributed by atoms with Gasteiger partial charge in [0.15, 0.2) is 10.8 Å². The topological polar surface area (TPSA) is 50.5 Å². The fourth-order valence-electron chi connectivity index (χ4n) is 3.73. The summed E-state index contributed by atoms with van der Waals surface area (Å²) >= 11 is 1.40. The van der Waals surface area contributed by atoms with E-state index in [1.807, 2.05) is 84.1 Å². The predicted octanol–water partition coefficient (Wildman–Crippen LogP) is 5.65. The van der Waals surface area contributed by atoms with Gasteiger partial charge in [0.1, 0.15) is 0 Å². The van der Waals surface area contributed by atoms with Crippen molar-refractivity contribution in [3.05, 3.63) is 96.6 Å². The first-order valence-corrected chi connectivity index (χ1v) is 11.0. The Labute approximate surface area is 184 Å². The second kappa shape index (κ2) is 8.24. The summed E-state index contributed by atoms with van der Waals surface area (Å²) < 4.78 is 2.04. The van der Waals surface area contributed by atoms with E-state index in [9.17, 15) is 4.79 Å². The van der Waals surface area contributed by atoms with Crippen molar-refractivity contribution in [3.63, 3.8) is 0 Å². The zero-order valence-corrected chi connectivity index (χ0v) is 17.8. The van der Waals surface area contributed by atoms with Gasteiger partial charge in [0, 0.05) is 11.4 Å². The number of thioether (sulfide) groups is 1. The number of rotatable bonds is 5. The van der Waals surface area contributed by atoms with Crippen LogP contribution in [0, 0.1) is 6.92 Å². The van der Waals surface area contributed by atoms with Gasteiger partial charge < -0.3 is 0 Å². The highest BCUT2D eigenvalue weighted by Gasteiger charge is 2.20. The number of aromatic nitrogens is 3. The average molecular weight is 425 g/mol. The fraction of sp³-hybridized carbons (Fsp3) is 0.0800. The summed E-state index contributed by atoms with van der Waals surface area (Å²) in [6.07, 6.45) is 0. The SMILES string of the molecule is Cc1cc2ccccc2n2c(SCC(=O)N(c3ccccc3)c3ccccc3)nnc12. The molecule has 0 saturated carbocycles. The second-order valence-electron chi connectivity index (χ2n) is 7.22. The summed E-state index contributed by atoms with van der Waals surface area (Å²) in [5.74, 6) is 0.225. The molecule has 6 heteroatoms. The van der Waals surface area contributed by atoms with Gasteiger partial charge in [0.05, 0.1) is 11.3 Å². The first-order valence-electron chi connectivity index (χ1n) is 10.0. The molecule has 2 aromatic heterocycles. The van der Waals surface area contributed by atoms with E-state index in [0.29, 0.717) is 5.16 Å². The Balaban J connectivity index is 1.49. The van der Waals surface area contributed by atoms with E-state index >= 15 is 0 Å². The summed E-state index contributed by atoms with van der Waals surface area (Å²) in [7, 11) is 0. The summed E-state index contributed by atoms with van der Waals surface area (Å²) in [5, 5.41) is 10.6. The van der Waals surface area contributed by atoms with Gasteiger partial charge in [-0.25, -0.2) is 0 Å². The van der Waals surface area contributed by atoms with Gasteiger partial charge in [-0.1, -0.05) is 66.4 Å². The van der Waals surface area contributed by atoms with Crippen molar-refractivity contribution in [1.82, 2.24) is 14.6 Å². The molecule has 5 nitrogen and oxygen atoms in total. The molecule has 0 radical (unpaired) electrons. The van der Waals surface area contributed by atoms with Crippen LogP contribution in [0.1, 0.15) is 5.56 Å². The minimum Gasteiger partial charge on any atom is -0.280 e. The van der Waals surface area contributed by atoms with Gasteiger partial charge in [-0.05, 0) is 54.3 Å². The van der Waals surface area contributed by atoms with E-state index in [4.69, 9.17) is 0 Å². The zero-order valence-electron chi connectivity index (χ0n) is 17.0. The number of benzene rings is 3. The third-order valence-corrected chi connectivity index (χ3v) is 6.05. The lowest BCUT2D eigenvalue weighted by atomic mass is 10.1. The lowest BCUT2D eigenvalue weighted by Crippen LogP contribution is -2.27. The highest BCUT2D eigenvalue weighted by Crippen LogP contribution is 2.29. The quantitative estimate of drug-likeness (QED) is 0.342. The molecule has 0 N–H and O–H groups in total. The van der Waals surface area contributed by atoms with Crippen LogP contribution in [0.15, 0.2) is 96.2 Å². The summed E-state index contributed by atoms with van der Waals surface area (Å²) in [5.41, 5.74) is 4.58. The maximum absolute atomic E-state index is 13.4. The summed E-state index contributed by atoms with van der Waals surface area (Å²) in [6.45, 7) is 2.03. The Morgan fingerprint density at radius 3 is 2.16 bits per heavy atom. The van der Waals surface area contributed by atoms with Gasteiger partial charge in [-0.15, -0.1) is 10.2 Å². The highest BCUT2D eigenvalue weighted by molar-refractivity contribution is 7.99. The number of anilines is 2. The van der Waals surface area contributed by atoms with Crippen molar-refractivity contribution in [2.45, 2.75) is 12.1 Å². The number of para-hydroxylation sites is 3. The smallest absolute Gasteiger partial charge is 0.242 e. The predicted molar refractivity (Wildman–Crippen MR) is 126 cm³/mol. The fourth-order valence-corrected chi connectivity index (χ4v) is 4.52. The van der Waals surface area contributed by atoms with Crippen molar-refractivity contribution < 1.29 is 4.79 Å². The van der Waals surface area contributed by atoms with Crippen molar-refractivity contribution in [2.24, 2.45) is 0 Å². The molecule has 0 bridgehead atoms. The standard InChI is InChI=1S/C25H20N4OS/c1-18-16-19-10-8-9-15-22(19)29-24(18)26-27-25(29)31-17-23(30)28(20-11-4-2-5-12-20)21-13-6-3-7-14-21/h2-16H,17H2,1H3. The van der Waals surface area contributed by atoms with E-state index in [1.165, 1.54) is 11.8 Å². The van der Waals surface area contributed by atoms with E-state index in [2.05, 4.69) is 28.4 Å². The number of carbonyl (C=O) groups excluding carboxylic acids is 1. The lowest BCUT2D eigenvalue weighted by Gasteiger charge is -2.22. The molecular weight excluding hydrogens is 404 g/mol. The number of pyridine rings is 1. The molecule has 0 atom stereocenters. The lowest BCUT2D eigenvalue weighted by molar-refractivity contribution is -0.115. The van der Waals surface area contributed by atoms with Gasteiger partial charge in [0.2, 0.25) is 5.91 Å². The van der Waals surface area contributed by atoms with E-state index in [0.717, 1.165) is 33.5 Å². The van der Waals surface area contributed by atoms with Gasteiger partial charge >= 0.3 is 0 Å². The minimum atomic E-state index is -0.0175. The third-order valence-electron chi connectivity index (χ3n) is 5.14. The summed E-state index contributed by atoms with van der Waals surface area (Å²) in [4.78, 5) is 15.1. The highest BCUT2D eigenvalue weighted by atomic mass is 32.2. The number of hydrogen-bond acceptors (Lipinski definition) is 4. The maximum Gasteiger partial charge on any atom is 0.242 e. The molecule has 0 fully saturated rings. The molecule has 0 aliphatic carbocycles. The van der Waals surface area contributed by atoms with Crippen molar-refractivity contribution in [1.29, 1.82) is 0 Å². The van der Waals surface area contributed by atoms with E-state index in [-0.39, 0.29) is 11.7 Å². The largest absolute Gasteiger partial charge is 0.280 e. The van der Waals surface area contributed by atoms with Crippen LogP contribution in [0.5, 0.6) is 0 Å². The van der Waals surface area contributed by atoms with Gasteiger partial charge in [-0.2, -0.15) is 0 Å². The number of fused-ring (bicyclic) bond motifs is 3. The Morgan fingerprint density at radius 2 is 1.48 bits per heavy atom. The number of nitrogens with zero attached hydrogens (tertiary/aromatic N) is 4. The number of hydrogen-bond donors (Lipinski definition) is 0. The number of aryl methyl sites for hydroxylation is 1. The number of amides is 1. The Bertz CT molecular complexity index is 1330. The molecular formula is C25H20N4OS. The average Bonchev–Trinajstić information content (AvgIpc) is 3.24. The Morgan fingerprint density at radius 1 is 0.871 bits per heavy atom. The van der Waals surface area contributed by atoms with E-state index < -0.39 is 0 Å². The normalized spacial score (nSPS) is 11.1. The monoisotopic (exact) mass is 424 g/mol. The second-order valence-corrected chi connectivity index (χ2v) is 8.16. The van der Waals surface area contributed by atoms with Crippen LogP contribution in [-0.4, -0.2) is 26.3 Å². The van der Waals surface area contributed by atoms with Crippen LogP contribution in [0.3, 0.4) is 0 Å². The molecule has 5 rings (SSSR count). The van der Waals surface area contributed by atoms with Gasteiger partial charge in [-0.3, -0.25) is 14.1 Å². The molecule has 0 aliphatic heterocycles. The first-order chi connectivity index (χ1) is 15.2. The van der Waals surface area contributed by atoms with Crippen LogP contribution in [0.4, 0.5) is 11.4 Å². The maximum atomic E-state index is 13.4. The molecule has 2 heterocycles. The molecule has 5 aromatic rings. The number of carbonyl (C=O) groups is 1. The molecule has 0 spiro atoms. The van der Waals surface area contributed by atoms with Crippen LogP contribution >= 0.6 is 11.8 Å². The van der Waals surface area contributed by atoms with Crippen molar-refractivity contribution >= 4 is 45.6 Å². The molecule has 0 aliphatic rings. The van der Waals surface area contributed by atoms with Gasteiger partial charge in [0.25, 0.3) is 0 Å². The molecule has 3 aromatic carbocycles. The van der Waals surface area contributed by atoms with E-state index in [1.54, 1.807) is 4.90 Å². The molecule has 31 heavy (non-hydrogen) atoms. The third kappa shape index (κ3) is 3.66. The molecule has 152 valence electrons. The molecule has 0 saturated heterocycles. The first kappa shape index (κ1) is 19.3. The molecule has 1 amide bonds. The van der Waals surface area contributed by atoms with Crippen LogP contribution in [-0.2, 0) is 4.79 Å². The van der Waals surface area contributed by atoms with Crippen molar-refractivity contribution in [3.8, 4) is 0 Å². The van der Waals surface area contributed by atoms with Crippen LogP contribution < -0.4 is 4.90 Å². The Kier molecular flexibility index (Phi) is 5.14. The minimum absolute atomic E-state index is 0.0175. The van der Waals surface area contributed by atoms with Crippen LogP contribution in [0.2, 0.25) is 0 Å². The van der Waals surface area contributed by atoms with Crippen molar-refractivity contribution in [2.75, 3.05) is 10.7 Å². The summed E-state index contributed by atoms with van der Waals surface area (Å²) in [6, 6.07) is 29.7. The Hall–Kier alpha value is -3.64. The zero-order chi connectivity index (χ0) is 21.2. The molecule has 0 unspecified atom stereocenters.